The van der Waals surface area contributed by atoms with Crippen LogP contribution in [0.1, 0.15) is 29.5 Å². The molecule has 0 saturated heterocycles. The molecule has 0 aliphatic heterocycles. The smallest absolute Gasteiger partial charge is 0.240 e. The Morgan fingerprint density at radius 3 is 2.33 bits per heavy atom. The molecule has 0 heterocycles. The maximum absolute atomic E-state index is 11.7. The predicted octanol–water partition coefficient (Wildman–Crippen LogP) is 2.54. The van der Waals surface area contributed by atoms with Gasteiger partial charge < -0.3 is 5.32 Å². The summed E-state index contributed by atoms with van der Waals surface area (Å²) >= 11 is 0. The number of benzene rings is 2. The van der Waals surface area contributed by atoms with Gasteiger partial charge in [-0.15, -0.1) is 0 Å². The first kappa shape index (κ1) is 17.4. The van der Waals surface area contributed by atoms with Gasteiger partial charge in [-0.1, -0.05) is 60.2 Å². The highest BCUT2D eigenvalue weighted by Crippen LogP contribution is 2.00. The van der Waals surface area contributed by atoms with Gasteiger partial charge in [0.1, 0.15) is 0 Å². The summed E-state index contributed by atoms with van der Waals surface area (Å²) < 4.78 is 0. The van der Waals surface area contributed by atoms with Crippen LogP contribution in [0.3, 0.4) is 0 Å². The molecule has 0 aliphatic rings. The Kier molecular flexibility index (Phi) is 6.71. The van der Waals surface area contributed by atoms with Gasteiger partial charge in [0, 0.05) is 19.4 Å². The molecule has 0 bridgehead atoms. The van der Waals surface area contributed by atoms with Crippen LogP contribution in [0.25, 0.3) is 0 Å². The van der Waals surface area contributed by atoms with E-state index in [1.807, 2.05) is 61.5 Å². The molecule has 0 aliphatic carbocycles. The zero-order valence-electron chi connectivity index (χ0n) is 13.7. The normalized spacial score (nSPS) is 10.5. The monoisotopic (exact) mass is 323 g/mol. The second kappa shape index (κ2) is 9.25. The number of rotatable bonds is 7. The quantitative estimate of drug-likeness (QED) is 0.607. The summed E-state index contributed by atoms with van der Waals surface area (Å²) in [4.78, 5) is 23.4. The van der Waals surface area contributed by atoms with Gasteiger partial charge in [0.2, 0.25) is 11.8 Å². The number of nitrogens with one attached hydrogen (secondary N) is 2. The second-order valence-corrected chi connectivity index (χ2v) is 5.47. The Hall–Kier alpha value is -2.95. The molecule has 124 valence electrons. The Labute approximate surface area is 141 Å². The van der Waals surface area contributed by atoms with Crippen molar-refractivity contribution in [2.24, 2.45) is 5.10 Å². The van der Waals surface area contributed by atoms with Crippen molar-refractivity contribution in [3.8, 4) is 0 Å². The van der Waals surface area contributed by atoms with Crippen LogP contribution in [0.5, 0.6) is 0 Å². The molecule has 0 aromatic heterocycles. The van der Waals surface area contributed by atoms with Crippen molar-refractivity contribution in [1.82, 2.24) is 10.7 Å². The summed E-state index contributed by atoms with van der Waals surface area (Å²) in [6, 6.07) is 17.4. The summed E-state index contributed by atoms with van der Waals surface area (Å²) in [5.41, 5.74) is 5.52. The molecule has 2 aromatic rings. The molecule has 0 saturated carbocycles. The average molecular weight is 323 g/mol. The molecule has 5 nitrogen and oxygen atoms in total. The van der Waals surface area contributed by atoms with Crippen LogP contribution < -0.4 is 10.7 Å². The van der Waals surface area contributed by atoms with Gasteiger partial charge in [-0.3, -0.25) is 9.59 Å². The van der Waals surface area contributed by atoms with E-state index in [4.69, 9.17) is 0 Å². The first-order valence-electron chi connectivity index (χ1n) is 7.82. The Balaban J connectivity index is 1.65. The van der Waals surface area contributed by atoms with Gasteiger partial charge in [0.15, 0.2) is 0 Å². The highest BCUT2D eigenvalue weighted by Gasteiger charge is 2.05. The van der Waals surface area contributed by atoms with Crippen LogP contribution in [-0.4, -0.2) is 18.0 Å². The van der Waals surface area contributed by atoms with E-state index < -0.39 is 0 Å². The van der Waals surface area contributed by atoms with Gasteiger partial charge in [0.25, 0.3) is 0 Å². The summed E-state index contributed by atoms with van der Waals surface area (Å²) in [6.45, 7) is 2.47. The molecule has 2 rings (SSSR count). The Morgan fingerprint density at radius 1 is 0.958 bits per heavy atom. The Bertz CT molecular complexity index is 694. The van der Waals surface area contributed by atoms with Crippen LogP contribution in [0.15, 0.2) is 59.7 Å². The van der Waals surface area contributed by atoms with E-state index >= 15 is 0 Å². The molecule has 2 aromatic carbocycles. The minimum absolute atomic E-state index is 0.103. The number of hydrogen-bond acceptors (Lipinski definition) is 3. The largest absolute Gasteiger partial charge is 0.352 e. The Morgan fingerprint density at radius 2 is 1.62 bits per heavy atom. The number of aryl methyl sites for hydroxylation is 1. The maximum atomic E-state index is 11.7. The van der Waals surface area contributed by atoms with Crippen LogP contribution >= 0.6 is 0 Å². The lowest BCUT2D eigenvalue weighted by Crippen LogP contribution is -2.25. The molecule has 2 N–H and O–H groups in total. The zero-order chi connectivity index (χ0) is 17.2. The van der Waals surface area contributed by atoms with Gasteiger partial charge in [0.05, 0.1) is 6.21 Å². The molecular formula is C19H21N3O2. The van der Waals surface area contributed by atoms with E-state index in [9.17, 15) is 9.59 Å². The van der Waals surface area contributed by atoms with Crippen LogP contribution in [0.2, 0.25) is 0 Å². The van der Waals surface area contributed by atoms with Crippen molar-refractivity contribution in [2.75, 3.05) is 0 Å². The summed E-state index contributed by atoms with van der Waals surface area (Å²) in [7, 11) is 0. The maximum Gasteiger partial charge on any atom is 0.240 e. The average Bonchev–Trinajstić information content (AvgIpc) is 2.61. The molecule has 5 heteroatoms. The second-order valence-electron chi connectivity index (χ2n) is 5.47. The molecule has 24 heavy (non-hydrogen) atoms. The van der Waals surface area contributed by atoms with Gasteiger partial charge >= 0.3 is 0 Å². The fourth-order valence-corrected chi connectivity index (χ4v) is 2.00. The summed E-state index contributed by atoms with van der Waals surface area (Å²) in [5.74, 6) is -0.440. The van der Waals surface area contributed by atoms with Crippen molar-refractivity contribution in [3.63, 3.8) is 0 Å². The molecule has 0 unspecified atom stereocenters. The van der Waals surface area contributed by atoms with E-state index in [2.05, 4.69) is 15.8 Å². The van der Waals surface area contributed by atoms with E-state index in [1.165, 1.54) is 0 Å². The van der Waals surface area contributed by atoms with E-state index in [1.54, 1.807) is 6.21 Å². The van der Waals surface area contributed by atoms with Gasteiger partial charge in [-0.05, 0) is 18.1 Å². The van der Waals surface area contributed by atoms with Crippen molar-refractivity contribution in [1.29, 1.82) is 0 Å². The third-order valence-corrected chi connectivity index (χ3v) is 3.39. The molecule has 2 amide bonds. The minimum Gasteiger partial charge on any atom is -0.352 e. The highest BCUT2D eigenvalue weighted by atomic mass is 16.2. The standard InChI is InChI=1S/C19H21N3O2/c1-15-7-9-17(10-8-15)14-21-22-19(24)12-11-18(23)20-13-16-5-3-2-4-6-16/h2-10,14H,11-13H2,1H3,(H,20,23)(H,22,24). The first-order chi connectivity index (χ1) is 11.6. The zero-order valence-corrected chi connectivity index (χ0v) is 13.7. The predicted molar refractivity (Wildman–Crippen MR) is 94.4 cm³/mol. The number of hydrogen-bond donors (Lipinski definition) is 2. The van der Waals surface area contributed by atoms with Crippen molar-refractivity contribution < 1.29 is 9.59 Å². The molecular weight excluding hydrogens is 302 g/mol. The van der Waals surface area contributed by atoms with E-state index in [0.717, 1.165) is 16.7 Å². The van der Waals surface area contributed by atoms with Crippen molar-refractivity contribution in [2.45, 2.75) is 26.3 Å². The fraction of sp³-hybridized carbons (Fsp3) is 0.211. The first-order valence-corrected chi connectivity index (χ1v) is 7.82. The van der Waals surface area contributed by atoms with Gasteiger partial charge in [-0.2, -0.15) is 5.10 Å². The third-order valence-electron chi connectivity index (χ3n) is 3.39. The lowest BCUT2D eigenvalue weighted by atomic mass is 10.2. The third kappa shape index (κ3) is 6.44. The molecule has 0 radical (unpaired) electrons. The SMILES string of the molecule is Cc1ccc(C=NNC(=O)CCC(=O)NCc2ccccc2)cc1. The minimum atomic E-state index is -0.284. The highest BCUT2D eigenvalue weighted by molar-refractivity contribution is 5.85. The van der Waals surface area contributed by atoms with Crippen LogP contribution in [0.4, 0.5) is 0 Å². The fourth-order valence-electron chi connectivity index (χ4n) is 2.00. The number of amides is 2. The van der Waals surface area contributed by atoms with Crippen LogP contribution in [-0.2, 0) is 16.1 Å². The number of nitrogens with zero attached hydrogens (tertiary/aromatic N) is 1. The van der Waals surface area contributed by atoms with Crippen molar-refractivity contribution in [3.05, 3.63) is 71.3 Å². The lowest BCUT2D eigenvalue weighted by Gasteiger charge is -2.04. The van der Waals surface area contributed by atoms with Gasteiger partial charge in [-0.25, -0.2) is 5.43 Å². The molecule has 0 spiro atoms. The number of carbonyl (C=O) groups excluding carboxylic acids is 2. The number of hydrazone groups is 1. The lowest BCUT2D eigenvalue weighted by molar-refractivity contribution is -0.126. The topological polar surface area (TPSA) is 70.6 Å². The van der Waals surface area contributed by atoms with E-state index in [-0.39, 0.29) is 24.7 Å². The summed E-state index contributed by atoms with van der Waals surface area (Å²) in [6.07, 6.45) is 1.82. The summed E-state index contributed by atoms with van der Waals surface area (Å²) in [5, 5.41) is 6.67. The molecule has 0 fully saturated rings. The van der Waals surface area contributed by atoms with Crippen molar-refractivity contribution >= 4 is 18.0 Å². The number of carbonyl (C=O) groups is 2. The van der Waals surface area contributed by atoms with Crippen LogP contribution in [0, 0.1) is 6.92 Å². The molecule has 0 atom stereocenters. The van der Waals surface area contributed by atoms with E-state index in [0.29, 0.717) is 6.54 Å².